The third kappa shape index (κ3) is 12.9. The summed E-state index contributed by atoms with van der Waals surface area (Å²) in [7, 11) is 3.07. The summed E-state index contributed by atoms with van der Waals surface area (Å²) in [6.07, 6.45) is 10.2. The van der Waals surface area contributed by atoms with Gasteiger partial charge in [0, 0.05) is 101 Å². The van der Waals surface area contributed by atoms with Gasteiger partial charge in [0.05, 0.1) is 28.8 Å². The van der Waals surface area contributed by atoms with Gasteiger partial charge in [-0.05, 0) is 84.0 Å². The molecule has 4 N–H and O–H groups in total. The molecule has 1 fully saturated rings. The Kier molecular flexibility index (Phi) is 19.3. The lowest BCUT2D eigenvalue weighted by atomic mass is 10.0. The number of unbranched alkanes of at least 4 members (excludes halogenated alkanes) is 2. The van der Waals surface area contributed by atoms with Gasteiger partial charge in [-0.3, -0.25) is 24.1 Å². The fourth-order valence-corrected chi connectivity index (χ4v) is 8.43. The van der Waals surface area contributed by atoms with Crippen molar-refractivity contribution in [1.82, 2.24) is 40.0 Å². The third-order valence-electron chi connectivity index (χ3n) is 11.7. The molecule has 358 valence electrons. The lowest BCUT2D eigenvalue weighted by Gasteiger charge is -2.32. The maximum absolute atomic E-state index is 14.0. The van der Waals surface area contributed by atoms with E-state index in [1.54, 1.807) is 43.8 Å². The van der Waals surface area contributed by atoms with E-state index in [0.29, 0.717) is 61.2 Å². The number of likely N-dealkylation sites (N-methyl/N-ethyl adjacent to an activating group) is 1. The summed E-state index contributed by atoms with van der Waals surface area (Å²) >= 11 is 0. The average Bonchev–Trinajstić information content (AvgIpc) is 3.82. The van der Waals surface area contributed by atoms with Crippen molar-refractivity contribution < 1.29 is 33.1 Å². The second-order valence-corrected chi connectivity index (χ2v) is 16.7. The van der Waals surface area contributed by atoms with Crippen molar-refractivity contribution in [2.24, 2.45) is 0 Å². The average molecular weight is 914 g/mol. The number of pyridine rings is 1. The first-order valence-electron chi connectivity index (χ1n) is 23.4. The molecule has 2 aliphatic rings. The topological polar surface area (TPSA) is 196 Å². The number of benzene rings is 1. The minimum atomic E-state index is -1.06. The van der Waals surface area contributed by atoms with Gasteiger partial charge in [0.2, 0.25) is 11.9 Å². The van der Waals surface area contributed by atoms with E-state index in [9.17, 15) is 28.4 Å². The van der Waals surface area contributed by atoms with Crippen LogP contribution in [0.5, 0.6) is 0 Å². The van der Waals surface area contributed by atoms with E-state index in [1.807, 2.05) is 31.0 Å². The minimum Gasteiger partial charge on any atom is -0.385 e. The zero-order chi connectivity index (χ0) is 47.8. The van der Waals surface area contributed by atoms with Crippen molar-refractivity contribution in [2.45, 2.75) is 110 Å². The summed E-state index contributed by atoms with van der Waals surface area (Å²) in [6.45, 7) is 14.2. The smallest absolute Gasteiger partial charge is 0.264 e. The van der Waals surface area contributed by atoms with Crippen LogP contribution in [0.1, 0.15) is 123 Å². The number of nitrogens with zero attached hydrogens (tertiary/aromatic N) is 7. The maximum Gasteiger partial charge on any atom is 0.264 e. The number of anilines is 4. The largest absolute Gasteiger partial charge is 0.385 e. The molecule has 0 radical (unpaired) electrons. The minimum absolute atomic E-state index is 0.0480. The van der Waals surface area contributed by atoms with Crippen LogP contribution in [0.15, 0.2) is 48.9 Å². The van der Waals surface area contributed by atoms with Crippen LogP contribution < -0.4 is 26.2 Å². The van der Waals surface area contributed by atoms with Gasteiger partial charge in [-0.2, -0.15) is 4.98 Å². The first-order valence-corrected chi connectivity index (χ1v) is 23.4. The molecule has 0 spiro atoms. The quantitative estimate of drug-likeness (QED) is 0.0336. The summed E-state index contributed by atoms with van der Waals surface area (Å²) in [5.74, 6) is -0.203. The Morgan fingerprint density at radius 1 is 1.02 bits per heavy atom. The highest BCUT2D eigenvalue weighted by atomic mass is 19.1. The van der Waals surface area contributed by atoms with Gasteiger partial charge in [-0.15, -0.1) is 0 Å². The number of aromatic nitrogens is 4. The molecule has 4 amide bonds. The number of carbonyl (C=O) groups excluding carboxylic acids is 5. The van der Waals surface area contributed by atoms with E-state index in [2.05, 4.69) is 59.5 Å². The molecule has 3 aromatic heterocycles. The number of methoxy groups -OCH3 is 1. The highest BCUT2D eigenvalue weighted by molar-refractivity contribution is 6.25. The molecule has 1 aromatic carbocycles. The molecule has 17 nitrogen and oxygen atoms in total. The molecular formula is C48H68FN11O6. The van der Waals surface area contributed by atoms with Crippen molar-refractivity contribution in [3.05, 3.63) is 65.6 Å². The number of ether oxygens (including phenoxy) is 1. The maximum atomic E-state index is 14.0. The van der Waals surface area contributed by atoms with E-state index in [4.69, 9.17) is 4.74 Å². The standard InChI is InChI=1S/C46H62FN11O6.C2H6/c1-30(2)57-29-35(34-27-51-40(26-38(34)57)53-39-15-19-50-46(54-39)56(28-31(3)47)21-11-25-64-5)42(60)52-32-16-22-55(23-17-32)20-8-6-7-18-49-36-13-9-12-33-41(36)45(63)58(44(33)62)37(14-10-24-59)43(61)48-4;1-2/h9,12-13,15,19,24,26-27,29-32,37,49H,6-8,10-11,14,16-18,20-23,25,28H2,1-5H3,(H,48,61)(H,52,60)(H,50,51,53,54);1-2H3. The van der Waals surface area contributed by atoms with Gasteiger partial charge in [0.15, 0.2) is 0 Å². The number of hydrogen-bond acceptors (Lipinski definition) is 13. The van der Waals surface area contributed by atoms with Crippen molar-refractivity contribution in [1.29, 1.82) is 0 Å². The van der Waals surface area contributed by atoms with Crippen LogP contribution in [0.25, 0.3) is 10.9 Å². The fraction of sp³-hybridized carbons (Fsp3) is 0.542. The summed E-state index contributed by atoms with van der Waals surface area (Å²) in [5.41, 5.74) is 2.49. The van der Waals surface area contributed by atoms with Gasteiger partial charge in [-0.1, -0.05) is 26.3 Å². The number of rotatable bonds is 24. The number of likely N-dealkylation sites (tertiary alicyclic amines) is 1. The summed E-state index contributed by atoms with van der Waals surface area (Å²) < 4.78 is 21.3. The number of alkyl halides is 1. The Hall–Kier alpha value is -6.01. The molecule has 4 aromatic rings. The molecule has 2 aliphatic heterocycles. The molecule has 66 heavy (non-hydrogen) atoms. The molecule has 18 heteroatoms. The molecule has 0 bridgehead atoms. The molecular weight excluding hydrogens is 846 g/mol. The lowest BCUT2D eigenvalue weighted by Crippen LogP contribution is -2.48. The number of carbonyl (C=O) groups is 5. The van der Waals surface area contributed by atoms with Crippen molar-refractivity contribution in [3.63, 3.8) is 0 Å². The summed E-state index contributed by atoms with van der Waals surface area (Å²) in [6, 6.07) is 7.80. The molecule has 2 atom stereocenters. The van der Waals surface area contributed by atoms with E-state index >= 15 is 0 Å². The normalized spacial score (nSPS) is 15.0. The lowest BCUT2D eigenvalue weighted by molar-refractivity contribution is -0.124. The predicted octanol–water partition coefficient (Wildman–Crippen LogP) is 6.54. The Bertz CT molecular complexity index is 2260. The van der Waals surface area contributed by atoms with Crippen LogP contribution in [-0.4, -0.2) is 138 Å². The molecule has 0 saturated carbocycles. The third-order valence-corrected chi connectivity index (χ3v) is 11.7. The highest BCUT2D eigenvalue weighted by Gasteiger charge is 2.43. The Morgan fingerprint density at radius 3 is 2.48 bits per heavy atom. The number of amides is 4. The second-order valence-electron chi connectivity index (χ2n) is 16.7. The first-order chi connectivity index (χ1) is 31.9. The van der Waals surface area contributed by atoms with Crippen molar-refractivity contribution in [3.8, 4) is 0 Å². The number of nitrogens with one attached hydrogen (secondary N) is 4. The number of hydrogen-bond donors (Lipinski definition) is 4. The Labute approximate surface area is 387 Å². The predicted molar refractivity (Wildman–Crippen MR) is 255 cm³/mol. The van der Waals surface area contributed by atoms with Crippen LogP contribution >= 0.6 is 0 Å². The van der Waals surface area contributed by atoms with E-state index in [0.717, 1.165) is 67.5 Å². The molecule has 6 rings (SSSR count). The summed E-state index contributed by atoms with van der Waals surface area (Å²) in [5, 5.41) is 13.1. The number of imide groups is 1. The number of fused-ring (bicyclic) bond motifs is 2. The van der Waals surface area contributed by atoms with Gasteiger partial charge in [0.1, 0.15) is 30.1 Å². The SMILES string of the molecule is CC.CNC(=O)C(CCC=O)N1C(=O)c2cccc(NCCCCCN3CCC(NC(=O)c4cn(C(C)C)c5cc(Nc6ccnc(N(CCCOC)CC(C)F)n6)ncc45)CC3)c2C1=O. The highest BCUT2D eigenvalue weighted by Crippen LogP contribution is 2.32. The zero-order valence-corrected chi connectivity index (χ0v) is 39.6. The van der Waals surface area contributed by atoms with Gasteiger partial charge in [-0.25, -0.2) is 14.4 Å². The fourth-order valence-electron chi connectivity index (χ4n) is 8.43. The Balaban J connectivity index is 0.00000403. The second kappa shape index (κ2) is 25.0. The van der Waals surface area contributed by atoms with Gasteiger partial charge < -0.3 is 45.2 Å². The monoisotopic (exact) mass is 914 g/mol. The van der Waals surface area contributed by atoms with E-state index < -0.39 is 29.9 Å². The van der Waals surface area contributed by atoms with Crippen LogP contribution in [-0.2, 0) is 14.3 Å². The van der Waals surface area contributed by atoms with Crippen molar-refractivity contribution in [2.75, 3.05) is 75.6 Å². The number of piperidine rings is 1. The molecule has 1 saturated heterocycles. The van der Waals surface area contributed by atoms with Crippen LogP contribution in [0.4, 0.5) is 27.7 Å². The molecule has 0 aliphatic carbocycles. The number of aldehydes is 1. The summed E-state index contributed by atoms with van der Waals surface area (Å²) in [4.78, 5) is 83.0. The van der Waals surface area contributed by atoms with Gasteiger partial charge in [0.25, 0.3) is 17.7 Å². The number of halogens is 1. The van der Waals surface area contributed by atoms with Gasteiger partial charge >= 0.3 is 0 Å². The van der Waals surface area contributed by atoms with Crippen molar-refractivity contribution >= 4 is 64.1 Å². The van der Waals surface area contributed by atoms with Crippen LogP contribution in [0.3, 0.4) is 0 Å². The first kappa shape index (κ1) is 51.0. The molecule has 2 unspecified atom stereocenters. The van der Waals surface area contributed by atoms with Crippen LogP contribution in [0.2, 0.25) is 0 Å². The zero-order valence-electron chi connectivity index (χ0n) is 39.6. The van der Waals surface area contributed by atoms with E-state index in [-0.39, 0.29) is 48.5 Å². The van der Waals surface area contributed by atoms with E-state index in [1.165, 1.54) is 14.0 Å². The Morgan fingerprint density at radius 2 is 1.79 bits per heavy atom. The molecule has 5 heterocycles. The van der Waals surface area contributed by atoms with Crippen LogP contribution in [0, 0.1) is 0 Å².